The predicted molar refractivity (Wildman–Crippen MR) is 110 cm³/mol. The molecule has 0 radical (unpaired) electrons. The molecular weight excluding hydrogens is 392 g/mol. The van der Waals surface area contributed by atoms with Crippen molar-refractivity contribution < 1.29 is 23.5 Å². The van der Waals surface area contributed by atoms with E-state index in [-0.39, 0.29) is 30.0 Å². The molecule has 0 aliphatic rings. The fourth-order valence-corrected chi connectivity index (χ4v) is 2.97. The zero-order valence-electron chi connectivity index (χ0n) is 16.0. The van der Waals surface area contributed by atoms with Crippen LogP contribution in [0.15, 0.2) is 58.2 Å². The van der Waals surface area contributed by atoms with E-state index in [1.165, 1.54) is 0 Å². The molecule has 0 aliphatic carbocycles. The highest BCUT2D eigenvalue weighted by Gasteiger charge is 2.13. The summed E-state index contributed by atoms with van der Waals surface area (Å²) in [6.07, 6.45) is 0. The van der Waals surface area contributed by atoms with Gasteiger partial charge in [0.2, 0.25) is 5.91 Å². The first-order valence-electron chi connectivity index (χ1n) is 9.00. The number of hydrogen-bond acceptors (Lipinski definition) is 7. The van der Waals surface area contributed by atoms with Crippen molar-refractivity contribution in [3.63, 3.8) is 0 Å². The molecule has 150 valence electrons. The van der Waals surface area contributed by atoms with Crippen LogP contribution in [0.25, 0.3) is 11.1 Å². The summed E-state index contributed by atoms with van der Waals surface area (Å²) in [6, 6.07) is 13.7. The van der Waals surface area contributed by atoms with Gasteiger partial charge < -0.3 is 14.5 Å². The third-order valence-corrected chi connectivity index (χ3v) is 4.75. The quantitative estimate of drug-likeness (QED) is 0.340. The molecule has 0 unspecified atom stereocenters. The van der Waals surface area contributed by atoms with Gasteiger partial charge in [0.25, 0.3) is 5.22 Å². The molecule has 1 amide bonds. The standard InChI is InChI=1S/C21H20N2O5S/c1-13(2)20(26)22-15-9-7-14(8-10-15)17(24)11-27-19(25)12-29-21-23-16-5-3-4-6-18(16)28-21/h3-10,13H,11-12H2,1-2H3,(H,22,26). The largest absolute Gasteiger partial charge is 0.457 e. The minimum absolute atomic E-state index is 0.0136. The van der Waals surface area contributed by atoms with Gasteiger partial charge in [0.15, 0.2) is 18.0 Å². The molecule has 0 fully saturated rings. The number of hydrogen-bond donors (Lipinski definition) is 1. The predicted octanol–water partition coefficient (Wildman–Crippen LogP) is 3.94. The number of esters is 1. The van der Waals surface area contributed by atoms with Crippen LogP contribution in [0.4, 0.5) is 5.69 Å². The van der Waals surface area contributed by atoms with Crippen molar-refractivity contribution in [2.45, 2.75) is 19.1 Å². The normalized spacial score (nSPS) is 10.9. The van der Waals surface area contributed by atoms with Gasteiger partial charge in [-0.2, -0.15) is 0 Å². The number of para-hydroxylation sites is 2. The molecule has 29 heavy (non-hydrogen) atoms. The first kappa shape index (κ1) is 20.6. The number of ketones is 1. The molecule has 3 rings (SSSR count). The lowest BCUT2D eigenvalue weighted by Crippen LogP contribution is -2.18. The molecule has 2 aromatic carbocycles. The van der Waals surface area contributed by atoms with E-state index in [0.717, 1.165) is 11.8 Å². The van der Waals surface area contributed by atoms with Crippen molar-refractivity contribution in [3.8, 4) is 0 Å². The van der Waals surface area contributed by atoms with Crippen LogP contribution in [0.3, 0.4) is 0 Å². The number of anilines is 1. The number of rotatable bonds is 8. The first-order chi connectivity index (χ1) is 13.9. The Bertz CT molecular complexity index is 994. The molecule has 0 saturated heterocycles. The Balaban J connectivity index is 1.45. The molecule has 0 atom stereocenters. The van der Waals surface area contributed by atoms with Crippen LogP contribution in [0.5, 0.6) is 0 Å². The fraction of sp³-hybridized carbons (Fsp3) is 0.238. The molecule has 1 heterocycles. The summed E-state index contributed by atoms with van der Waals surface area (Å²) in [5.74, 6) is -1.11. The molecule has 7 nitrogen and oxygen atoms in total. The van der Waals surface area contributed by atoms with Gasteiger partial charge in [0.05, 0.1) is 0 Å². The van der Waals surface area contributed by atoms with Crippen LogP contribution in [0, 0.1) is 5.92 Å². The SMILES string of the molecule is CC(C)C(=O)Nc1ccc(C(=O)COC(=O)CSc2nc3ccccc3o2)cc1. The number of amides is 1. The third kappa shape index (κ3) is 5.68. The topological polar surface area (TPSA) is 98.5 Å². The van der Waals surface area contributed by atoms with Gasteiger partial charge in [-0.3, -0.25) is 14.4 Å². The summed E-state index contributed by atoms with van der Waals surface area (Å²) >= 11 is 1.11. The minimum atomic E-state index is -0.536. The van der Waals surface area contributed by atoms with E-state index in [1.807, 2.05) is 18.2 Å². The maximum absolute atomic E-state index is 12.2. The molecular formula is C21H20N2O5S. The van der Waals surface area contributed by atoms with E-state index in [2.05, 4.69) is 10.3 Å². The van der Waals surface area contributed by atoms with Crippen LogP contribution >= 0.6 is 11.8 Å². The highest BCUT2D eigenvalue weighted by Crippen LogP contribution is 2.23. The Morgan fingerprint density at radius 1 is 1.10 bits per heavy atom. The third-order valence-electron chi connectivity index (χ3n) is 3.95. The van der Waals surface area contributed by atoms with Gasteiger partial charge in [-0.05, 0) is 36.4 Å². The lowest BCUT2D eigenvalue weighted by molar-refractivity contribution is -0.139. The number of thioether (sulfide) groups is 1. The number of Topliss-reactive ketones (excluding diaryl/α,β-unsaturated/α-hetero) is 1. The van der Waals surface area contributed by atoms with Gasteiger partial charge >= 0.3 is 5.97 Å². The van der Waals surface area contributed by atoms with Gasteiger partial charge in [0.1, 0.15) is 11.3 Å². The second-order valence-corrected chi connectivity index (χ2v) is 7.47. The Morgan fingerprint density at radius 2 is 1.83 bits per heavy atom. The van der Waals surface area contributed by atoms with E-state index in [9.17, 15) is 14.4 Å². The maximum Gasteiger partial charge on any atom is 0.316 e. The van der Waals surface area contributed by atoms with Crippen molar-refractivity contribution in [2.24, 2.45) is 5.92 Å². The zero-order valence-corrected chi connectivity index (χ0v) is 16.8. The maximum atomic E-state index is 12.2. The number of benzene rings is 2. The van der Waals surface area contributed by atoms with E-state index in [4.69, 9.17) is 9.15 Å². The summed E-state index contributed by atoms with van der Waals surface area (Å²) in [7, 11) is 0. The average molecular weight is 412 g/mol. The molecule has 0 spiro atoms. The molecule has 0 aliphatic heterocycles. The summed E-state index contributed by atoms with van der Waals surface area (Å²) in [5.41, 5.74) is 2.36. The first-order valence-corrected chi connectivity index (χ1v) is 9.99. The van der Waals surface area contributed by atoms with E-state index < -0.39 is 5.97 Å². The minimum Gasteiger partial charge on any atom is -0.457 e. The van der Waals surface area contributed by atoms with Crippen LogP contribution in [0.2, 0.25) is 0 Å². The van der Waals surface area contributed by atoms with Crippen LogP contribution in [-0.2, 0) is 14.3 Å². The van der Waals surface area contributed by atoms with E-state index in [0.29, 0.717) is 27.6 Å². The zero-order chi connectivity index (χ0) is 20.8. The molecule has 1 N–H and O–H groups in total. The Hall–Kier alpha value is -3.13. The number of oxazole rings is 1. The van der Waals surface area contributed by atoms with Crippen LogP contribution < -0.4 is 5.32 Å². The van der Waals surface area contributed by atoms with E-state index >= 15 is 0 Å². The number of carbonyl (C=O) groups is 3. The smallest absolute Gasteiger partial charge is 0.316 e. The van der Waals surface area contributed by atoms with Crippen molar-refractivity contribution in [2.75, 3.05) is 17.7 Å². The number of nitrogens with one attached hydrogen (secondary N) is 1. The number of nitrogens with zero attached hydrogens (tertiary/aromatic N) is 1. The summed E-state index contributed by atoms with van der Waals surface area (Å²) in [6.45, 7) is 3.24. The summed E-state index contributed by atoms with van der Waals surface area (Å²) in [5, 5.41) is 3.12. The van der Waals surface area contributed by atoms with Gasteiger partial charge in [-0.25, -0.2) is 4.98 Å². The molecule has 8 heteroatoms. The summed E-state index contributed by atoms with van der Waals surface area (Å²) < 4.78 is 10.5. The van der Waals surface area contributed by atoms with Crippen molar-refractivity contribution >= 4 is 46.2 Å². The van der Waals surface area contributed by atoms with Crippen molar-refractivity contribution in [1.29, 1.82) is 0 Å². The molecule has 0 bridgehead atoms. The Labute approximate surface area is 171 Å². The number of aromatic nitrogens is 1. The summed E-state index contributed by atoms with van der Waals surface area (Å²) in [4.78, 5) is 40.0. The second-order valence-electron chi connectivity index (χ2n) is 6.54. The lowest BCUT2D eigenvalue weighted by atomic mass is 10.1. The van der Waals surface area contributed by atoms with Gasteiger partial charge in [0, 0.05) is 17.2 Å². The van der Waals surface area contributed by atoms with Crippen LogP contribution in [-0.4, -0.2) is 35.0 Å². The van der Waals surface area contributed by atoms with Gasteiger partial charge in [-0.15, -0.1) is 0 Å². The Kier molecular flexibility index (Phi) is 6.66. The molecule has 3 aromatic rings. The lowest BCUT2D eigenvalue weighted by Gasteiger charge is -2.08. The van der Waals surface area contributed by atoms with E-state index in [1.54, 1.807) is 44.2 Å². The number of carbonyl (C=O) groups excluding carboxylic acids is 3. The van der Waals surface area contributed by atoms with Gasteiger partial charge in [-0.1, -0.05) is 37.7 Å². The van der Waals surface area contributed by atoms with Crippen LogP contribution in [0.1, 0.15) is 24.2 Å². The highest BCUT2D eigenvalue weighted by molar-refractivity contribution is 7.99. The monoisotopic (exact) mass is 412 g/mol. The fourth-order valence-electron chi connectivity index (χ4n) is 2.33. The molecule has 0 saturated carbocycles. The second kappa shape index (κ2) is 9.38. The highest BCUT2D eigenvalue weighted by atomic mass is 32.2. The number of fused-ring (bicyclic) bond motifs is 1. The Morgan fingerprint density at radius 3 is 2.52 bits per heavy atom. The molecule has 1 aromatic heterocycles. The van der Waals surface area contributed by atoms with Crippen molar-refractivity contribution in [3.05, 3.63) is 54.1 Å². The average Bonchev–Trinajstić information content (AvgIpc) is 3.14. The number of ether oxygens (including phenoxy) is 1. The van der Waals surface area contributed by atoms with Crippen molar-refractivity contribution in [1.82, 2.24) is 4.98 Å².